The summed E-state index contributed by atoms with van der Waals surface area (Å²) in [7, 11) is 0. The van der Waals surface area contributed by atoms with Crippen molar-refractivity contribution in [2.24, 2.45) is 65.5 Å². The number of hydrogen-bond donors (Lipinski definition) is 0. The number of aliphatic imine (C=N–C) groups is 6. The lowest BCUT2D eigenvalue weighted by Crippen LogP contribution is -2.23. The molecule has 0 saturated heterocycles. The van der Waals surface area contributed by atoms with E-state index >= 15 is 0 Å². The SMILES string of the molecule is C.C.C.O=C=NC1CCC(CC2CCC(N=C=O)CC2)CC1.O=C=NC1CCC(CC2CCC(N=C=O)CC2)CC1.O=C=NC1CCC(CC2CCC(N=C=O)CC2)CC1. The van der Waals surface area contributed by atoms with Gasteiger partial charge in [-0.25, -0.2) is 58.7 Å². The minimum absolute atomic E-state index is 0. The number of hydrogen-bond acceptors (Lipinski definition) is 12. The van der Waals surface area contributed by atoms with Crippen molar-refractivity contribution in [1.29, 1.82) is 0 Å². The van der Waals surface area contributed by atoms with E-state index < -0.39 is 0 Å². The third-order valence-electron chi connectivity index (χ3n) is 14.3. The molecule has 0 aromatic heterocycles. The molecule has 0 N–H and O–H groups in total. The molecule has 0 unspecified atom stereocenters. The van der Waals surface area contributed by atoms with E-state index in [0.29, 0.717) is 0 Å². The van der Waals surface area contributed by atoms with E-state index in [1.54, 1.807) is 36.5 Å². The fourth-order valence-corrected chi connectivity index (χ4v) is 10.9. The first-order valence-corrected chi connectivity index (χ1v) is 22.4. The van der Waals surface area contributed by atoms with E-state index in [2.05, 4.69) is 30.0 Å². The fourth-order valence-electron chi connectivity index (χ4n) is 10.9. The van der Waals surface area contributed by atoms with Crippen molar-refractivity contribution in [1.82, 2.24) is 0 Å². The highest BCUT2D eigenvalue weighted by Crippen LogP contribution is 2.39. The Morgan fingerprint density at radius 2 is 0.350 bits per heavy atom. The third-order valence-corrected chi connectivity index (χ3v) is 14.3. The van der Waals surface area contributed by atoms with Crippen molar-refractivity contribution < 1.29 is 28.8 Å². The predicted molar refractivity (Wildman–Crippen MR) is 237 cm³/mol. The maximum atomic E-state index is 10.2. The summed E-state index contributed by atoms with van der Waals surface area (Å²) in [6.45, 7) is 0. The van der Waals surface area contributed by atoms with Gasteiger partial charge in [-0.3, -0.25) is 0 Å². The summed E-state index contributed by atoms with van der Waals surface area (Å²) in [6, 6.07) is 1.37. The second-order valence-corrected chi connectivity index (χ2v) is 18.1. The van der Waals surface area contributed by atoms with Gasteiger partial charge in [0.15, 0.2) is 0 Å². The van der Waals surface area contributed by atoms with Crippen LogP contribution in [0.15, 0.2) is 30.0 Å². The molecule has 6 rings (SSSR count). The molecular formula is C48H78N6O6. The van der Waals surface area contributed by atoms with Crippen LogP contribution in [0.5, 0.6) is 0 Å². The molecule has 6 aliphatic rings. The molecule has 6 fully saturated rings. The van der Waals surface area contributed by atoms with Crippen molar-refractivity contribution in [2.45, 2.75) is 232 Å². The van der Waals surface area contributed by atoms with Crippen molar-refractivity contribution in [3.8, 4) is 0 Å². The summed E-state index contributed by atoms with van der Waals surface area (Å²) < 4.78 is 0. The Kier molecular flexibility index (Phi) is 29.0. The zero-order chi connectivity index (χ0) is 40.5. The van der Waals surface area contributed by atoms with Crippen LogP contribution in [0.2, 0.25) is 0 Å². The van der Waals surface area contributed by atoms with Crippen LogP contribution in [-0.2, 0) is 28.8 Å². The Morgan fingerprint density at radius 3 is 0.450 bits per heavy atom. The summed E-state index contributed by atoms with van der Waals surface area (Å²) in [6.07, 6.45) is 40.9. The topological polar surface area (TPSA) is 177 Å². The molecule has 0 aliphatic heterocycles. The second-order valence-electron chi connectivity index (χ2n) is 18.1. The molecule has 0 radical (unpaired) electrons. The van der Waals surface area contributed by atoms with Crippen LogP contribution in [0.25, 0.3) is 0 Å². The lowest BCUT2D eigenvalue weighted by molar-refractivity contribution is 0.226. The maximum Gasteiger partial charge on any atom is 0.235 e. The van der Waals surface area contributed by atoms with Gasteiger partial charge in [0.2, 0.25) is 36.5 Å². The van der Waals surface area contributed by atoms with E-state index in [4.69, 9.17) is 0 Å². The molecule has 0 bridgehead atoms. The molecule has 60 heavy (non-hydrogen) atoms. The fraction of sp³-hybridized carbons (Fsp3) is 0.875. The number of nitrogens with zero attached hydrogens (tertiary/aromatic N) is 6. The largest absolute Gasteiger partial charge is 0.235 e. The highest BCUT2D eigenvalue weighted by molar-refractivity contribution is 5.35. The van der Waals surface area contributed by atoms with Crippen LogP contribution < -0.4 is 0 Å². The summed E-state index contributed by atoms with van der Waals surface area (Å²) in [5, 5.41) is 0. The van der Waals surface area contributed by atoms with E-state index in [0.717, 1.165) is 113 Å². The average molecular weight is 835 g/mol. The molecule has 0 aromatic carbocycles. The van der Waals surface area contributed by atoms with Crippen LogP contribution >= 0.6 is 0 Å². The van der Waals surface area contributed by atoms with Crippen molar-refractivity contribution in [3.63, 3.8) is 0 Å². The Morgan fingerprint density at radius 1 is 0.233 bits per heavy atom. The molecule has 6 saturated carbocycles. The Balaban J connectivity index is 0.000000439. The van der Waals surface area contributed by atoms with Gasteiger partial charge in [0.1, 0.15) is 0 Å². The first kappa shape index (κ1) is 54.3. The van der Waals surface area contributed by atoms with Crippen LogP contribution in [0.4, 0.5) is 0 Å². The summed E-state index contributed by atoms with van der Waals surface area (Å²) in [5.41, 5.74) is 0. The van der Waals surface area contributed by atoms with E-state index in [1.165, 1.54) is 96.3 Å². The lowest BCUT2D eigenvalue weighted by Gasteiger charge is -2.31. The van der Waals surface area contributed by atoms with Crippen LogP contribution in [0.1, 0.15) is 196 Å². The first-order chi connectivity index (χ1) is 27.9. The van der Waals surface area contributed by atoms with E-state index in [9.17, 15) is 28.8 Å². The highest BCUT2D eigenvalue weighted by atomic mass is 16.1. The van der Waals surface area contributed by atoms with Gasteiger partial charge in [-0.15, -0.1) is 0 Å². The molecular weight excluding hydrogens is 757 g/mol. The molecule has 12 nitrogen and oxygen atoms in total. The van der Waals surface area contributed by atoms with Gasteiger partial charge in [0.25, 0.3) is 0 Å². The molecule has 6 aliphatic carbocycles. The van der Waals surface area contributed by atoms with E-state index in [-0.39, 0.29) is 58.5 Å². The Labute approximate surface area is 361 Å². The normalized spacial score (nSPS) is 33.2. The van der Waals surface area contributed by atoms with Crippen LogP contribution in [-0.4, -0.2) is 72.7 Å². The first-order valence-electron chi connectivity index (χ1n) is 22.4. The minimum atomic E-state index is 0. The number of isocyanates is 6. The van der Waals surface area contributed by atoms with Gasteiger partial charge < -0.3 is 0 Å². The average Bonchev–Trinajstić information content (AvgIpc) is 3.23. The maximum absolute atomic E-state index is 10.2. The second kappa shape index (κ2) is 32.1. The Bertz CT molecular complexity index is 1170. The minimum Gasteiger partial charge on any atom is -0.211 e. The molecule has 12 heteroatoms. The molecule has 0 spiro atoms. The Hall–Kier alpha value is -3.72. The van der Waals surface area contributed by atoms with Crippen LogP contribution in [0.3, 0.4) is 0 Å². The van der Waals surface area contributed by atoms with Crippen molar-refractivity contribution >= 4 is 36.5 Å². The molecule has 336 valence electrons. The quantitative estimate of drug-likeness (QED) is 0.139. The molecule has 0 atom stereocenters. The van der Waals surface area contributed by atoms with Crippen molar-refractivity contribution in [2.75, 3.05) is 0 Å². The summed E-state index contributed by atoms with van der Waals surface area (Å²) >= 11 is 0. The van der Waals surface area contributed by atoms with Gasteiger partial charge in [-0.1, -0.05) is 22.3 Å². The smallest absolute Gasteiger partial charge is 0.211 e. The number of carbonyl (C=O) groups excluding carboxylic acids is 6. The van der Waals surface area contributed by atoms with Gasteiger partial charge in [0, 0.05) is 0 Å². The van der Waals surface area contributed by atoms with Gasteiger partial charge in [-0.2, -0.15) is 0 Å². The highest BCUT2D eigenvalue weighted by Gasteiger charge is 2.29. The molecule has 0 amide bonds. The lowest BCUT2D eigenvalue weighted by atomic mass is 9.76. The summed E-state index contributed by atoms with van der Waals surface area (Å²) in [5.74, 6) is 4.80. The molecule has 0 aromatic rings. The zero-order valence-electron chi connectivity index (χ0n) is 34.2. The number of rotatable bonds is 12. The predicted octanol–water partition coefficient (Wildman–Crippen LogP) is 11.4. The monoisotopic (exact) mass is 835 g/mol. The van der Waals surface area contributed by atoms with E-state index in [1.807, 2.05) is 0 Å². The molecule has 0 heterocycles. The third kappa shape index (κ3) is 20.7. The zero-order valence-corrected chi connectivity index (χ0v) is 34.2. The van der Waals surface area contributed by atoms with Gasteiger partial charge in [0.05, 0.1) is 36.3 Å². The van der Waals surface area contributed by atoms with Crippen molar-refractivity contribution in [3.05, 3.63) is 0 Å². The van der Waals surface area contributed by atoms with Crippen LogP contribution in [0, 0.1) is 35.5 Å². The van der Waals surface area contributed by atoms with Gasteiger partial charge >= 0.3 is 0 Å². The summed E-state index contributed by atoms with van der Waals surface area (Å²) in [4.78, 5) is 84.4. The standard InChI is InChI=1S/3C15H22N2O2.3CH4/c3*18-10-16-14-5-1-12(2-6-14)9-13-3-7-15(8-4-13)17-11-19;;;/h3*12-15H,1-9H2;3*1H4. The van der Waals surface area contributed by atoms with Gasteiger partial charge in [-0.05, 0) is 209 Å².